The fourth-order valence-corrected chi connectivity index (χ4v) is 0. The molecule has 0 fully saturated rings. The van der Waals surface area contributed by atoms with E-state index in [1.54, 1.807) is 0 Å². The summed E-state index contributed by atoms with van der Waals surface area (Å²) in [6, 6.07) is 0. The van der Waals surface area contributed by atoms with Gasteiger partial charge in [0.25, 0.3) is 0 Å². The van der Waals surface area contributed by atoms with Gasteiger partial charge in [0.2, 0.25) is 0 Å². The molecule has 1 nitrogen and oxygen atoms in total. The Morgan fingerprint density at radius 1 is 1.00 bits per heavy atom. The Bertz CT molecular complexity index is 8.00. The van der Waals surface area contributed by atoms with E-state index in [2.05, 4.69) is 0 Å². The van der Waals surface area contributed by atoms with Crippen LogP contribution in [-0.2, 0) is 46.8 Å². The second-order valence-electron chi connectivity index (χ2n) is 0. The minimum absolute atomic E-state index is 0. The van der Waals surface area contributed by atoms with Crippen LogP contribution in [0.5, 0.6) is 0 Å². The van der Waals surface area contributed by atoms with Crippen molar-refractivity contribution in [2.24, 2.45) is 0 Å². The van der Waals surface area contributed by atoms with E-state index in [1.807, 2.05) is 0 Å². The molecular formula is H2CdMgOZn. The molecule has 0 aliphatic heterocycles. The first kappa shape index (κ1) is 33.8. The van der Waals surface area contributed by atoms with Crippen molar-refractivity contribution in [1.82, 2.24) is 0 Å². The third-order valence-electron chi connectivity index (χ3n) is 0. The molecule has 0 atom stereocenters. The van der Waals surface area contributed by atoms with E-state index in [-0.39, 0.29) is 75.3 Å². The Morgan fingerprint density at radius 3 is 1.00 bits per heavy atom. The average molecular weight is 220 g/mol. The van der Waals surface area contributed by atoms with Crippen LogP contribution in [0.1, 0.15) is 0 Å². The molecule has 0 aliphatic rings. The zero-order valence-electron chi connectivity index (χ0n) is 2.86. The molecule has 0 amide bonds. The number of hydrogen-bond acceptors (Lipinski definition) is 1. The molecule has 0 saturated heterocycles. The topological polar surface area (TPSA) is 30.0 Å². The summed E-state index contributed by atoms with van der Waals surface area (Å²) < 4.78 is 0. The summed E-state index contributed by atoms with van der Waals surface area (Å²) in [5.74, 6) is 0. The third-order valence-corrected chi connectivity index (χ3v) is 0. The van der Waals surface area contributed by atoms with Crippen LogP contribution in [0.3, 0.4) is 0 Å². The van der Waals surface area contributed by atoms with Gasteiger partial charge < -0.3 is 5.48 Å². The maximum Gasteiger partial charge on any atom is 0 e. The van der Waals surface area contributed by atoms with Crippen LogP contribution < -0.4 is 0 Å². The molecule has 0 heterocycles. The second-order valence-corrected chi connectivity index (χ2v) is 0. The zero-order chi connectivity index (χ0) is 0. The van der Waals surface area contributed by atoms with Crippen LogP contribution in [0, 0.1) is 0 Å². The van der Waals surface area contributed by atoms with Crippen LogP contribution >= 0.6 is 0 Å². The summed E-state index contributed by atoms with van der Waals surface area (Å²) in [6.07, 6.45) is 0. The quantitative estimate of drug-likeness (QED) is 0.490. The molecule has 0 saturated carbocycles. The van der Waals surface area contributed by atoms with E-state index in [4.69, 9.17) is 0 Å². The van der Waals surface area contributed by atoms with Crippen molar-refractivity contribution in [3.8, 4) is 0 Å². The molecule has 0 aromatic rings. The van der Waals surface area contributed by atoms with Gasteiger partial charge in [0.05, 0.1) is 0 Å². The number of rotatable bonds is 0. The van der Waals surface area contributed by atoms with Crippen molar-refractivity contribution in [3.05, 3.63) is 0 Å². The molecule has 0 unspecified atom stereocenters. The van der Waals surface area contributed by atoms with Gasteiger partial charge in [0.1, 0.15) is 0 Å². The van der Waals surface area contributed by atoms with Crippen molar-refractivity contribution in [1.29, 1.82) is 0 Å². The van der Waals surface area contributed by atoms with E-state index < -0.39 is 0 Å². The Hall–Kier alpha value is 2.27. The largest absolute Gasteiger partial charge is 0.870 e. The first-order valence-electron chi connectivity index (χ1n) is 0. The molecule has 0 radical (unpaired) electrons. The predicted molar refractivity (Wildman–Crippen MR) is 9.08 cm³/mol. The van der Waals surface area contributed by atoms with Crippen molar-refractivity contribution < 1.29 is 52.3 Å². The van der Waals surface area contributed by atoms with Crippen LogP contribution in [0.25, 0.3) is 0 Å². The van der Waals surface area contributed by atoms with Gasteiger partial charge in [-0.05, 0) is 0 Å². The van der Waals surface area contributed by atoms with Crippen molar-refractivity contribution >= 4 is 23.1 Å². The molecule has 1 N–H and O–H groups in total. The summed E-state index contributed by atoms with van der Waals surface area (Å²) in [5.41, 5.74) is 0. The Labute approximate surface area is 74.3 Å². The monoisotopic (exact) mass is 220 g/mol. The Morgan fingerprint density at radius 2 is 1.00 bits per heavy atom. The van der Waals surface area contributed by atoms with Gasteiger partial charge in [0, 0.05) is 46.8 Å². The molecule has 4 heteroatoms. The normalized spacial score (nSPS) is 0. The van der Waals surface area contributed by atoms with E-state index >= 15 is 0 Å². The average Bonchev–Trinajstić information content (AvgIpc) is 0. The van der Waals surface area contributed by atoms with E-state index in [9.17, 15) is 0 Å². The molecule has 0 aromatic heterocycles. The molecule has 0 aliphatic carbocycles. The number of hydrogen-bond donors (Lipinski definition) is 0. The second kappa shape index (κ2) is 18.6. The van der Waals surface area contributed by atoms with Gasteiger partial charge in [-0.2, -0.15) is 0 Å². The van der Waals surface area contributed by atoms with Crippen LogP contribution in [0.2, 0.25) is 0 Å². The van der Waals surface area contributed by atoms with Gasteiger partial charge >= 0.3 is 23.1 Å². The van der Waals surface area contributed by atoms with Crippen LogP contribution in [-0.4, -0.2) is 28.5 Å². The van der Waals surface area contributed by atoms with E-state index in [1.165, 1.54) is 0 Å². The standard InChI is InChI=1S/Cd.Mg.H2O.Zn.H/h;;1H2;;/q;+1;;;/p-1. The van der Waals surface area contributed by atoms with Gasteiger partial charge in [-0.15, -0.1) is 0 Å². The minimum atomic E-state index is 0. The van der Waals surface area contributed by atoms with Crippen molar-refractivity contribution in [3.63, 3.8) is 0 Å². The van der Waals surface area contributed by atoms with E-state index in [0.29, 0.717) is 0 Å². The first-order valence-corrected chi connectivity index (χ1v) is 0. The van der Waals surface area contributed by atoms with Crippen molar-refractivity contribution in [2.75, 3.05) is 0 Å². The van der Waals surface area contributed by atoms with Crippen LogP contribution in [0.4, 0.5) is 0 Å². The van der Waals surface area contributed by atoms with Gasteiger partial charge in [-0.3, -0.25) is 0 Å². The minimum Gasteiger partial charge on any atom is -0.870 e. The fourth-order valence-electron chi connectivity index (χ4n) is 0. The fraction of sp³-hybridized carbons (Fsp3) is 0. The molecule has 0 aromatic carbocycles. The molecule has 0 spiro atoms. The molecular weight excluding hydrogens is 218 g/mol. The van der Waals surface area contributed by atoms with Gasteiger partial charge in [-0.1, -0.05) is 0 Å². The summed E-state index contributed by atoms with van der Waals surface area (Å²) in [6.45, 7) is 0. The molecule has 4 heavy (non-hydrogen) atoms. The smallest absolute Gasteiger partial charge is 0 e. The molecule has 0 rings (SSSR count). The van der Waals surface area contributed by atoms with E-state index in [0.717, 1.165) is 0 Å². The van der Waals surface area contributed by atoms with Crippen LogP contribution in [0.15, 0.2) is 0 Å². The SMILES string of the molecule is [Cd].[MgH+].[OH-].[Zn]. The molecule has 14 valence electrons. The zero-order valence-corrected chi connectivity index (χ0v) is 11.9. The Kier molecular flexibility index (Phi) is 157. The maximum atomic E-state index is 0. The summed E-state index contributed by atoms with van der Waals surface area (Å²) >= 11 is 0. The maximum absolute atomic E-state index is 0. The third kappa shape index (κ3) is 8.86. The van der Waals surface area contributed by atoms with Gasteiger partial charge in [0.15, 0.2) is 0 Å². The Balaban J connectivity index is 0. The summed E-state index contributed by atoms with van der Waals surface area (Å²) in [5, 5.41) is 0. The van der Waals surface area contributed by atoms with Crippen molar-refractivity contribution in [2.45, 2.75) is 0 Å². The summed E-state index contributed by atoms with van der Waals surface area (Å²) in [4.78, 5) is 0. The molecule has 0 bridgehead atoms. The first-order chi connectivity index (χ1) is 0. The predicted octanol–water partition coefficient (Wildman–Crippen LogP) is -0.830. The summed E-state index contributed by atoms with van der Waals surface area (Å²) in [7, 11) is 0. The van der Waals surface area contributed by atoms with Gasteiger partial charge in [-0.25, -0.2) is 0 Å².